The van der Waals surface area contributed by atoms with Gasteiger partial charge < -0.3 is 15.7 Å². The Kier molecular flexibility index (Phi) is 4.33. The Morgan fingerprint density at radius 3 is 2.90 bits per heavy atom. The van der Waals surface area contributed by atoms with E-state index in [-0.39, 0.29) is 11.3 Å². The summed E-state index contributed by atoms with van der Waals surface area (Å²) >= 11 is 0. The highest BCUT2D eigenvalue weighted by atomic mass is 16.3. The lowest BCUT2D eigenvalue weighted by atomic mass is 9.89. The van der Waals surface area contributed by atoms with Gasteiger partial charge in [-0.2, -0.15) is 0 Å². The lowest BCUT2D eigenvalue weighted by molar-refractivity contribution is 0.0868. The van der Waals surface area contributed by atoms with Gasteiger partial charge in [-0.3, -0.25) is 4.79 Å². The van der Waals surface area contributed by atoms with Gasteiger partial charge >= 0.3 is 0 Å². The van der Waals surface area contributed by atoms with Gasteiger partial charge in [-0.15, -0.1) is 0 Å². The van der Waals surface area contributed by atoms with Crippen molar-refractivity contribution in [2.75, 3.05) is 18.4 Å². The molecule has 1 unspecified atom stereocenters. The van der Waals surface area contributed by atoms with Crippen LogP contribution in [0.1, 0.15) is 43.1 Å². The number of hydrogen-bond acceptors (Lipinski definition) is 3. The number of aliphatic hydroxyl groups excluding tert-OH is 1. The van der Waals surface area contributed by atoms with Crippen LogP contribution in [-0.2, 0) is 6.42 Å². The van der Waals surface area contributed by atoms with E-state index in [4.69, 9.17) is 0 Å². The molecular formula is C16H24N2O2. The third kappa shape index (κ3) is 3.97. The van der Waals surface area contributed by atoms with Gasteiger partial charge in [0.2, 0.25) is 0 Å². The minimum atomic E-state index is -0.505. The molecule has 2 rings (SSSR count). The van der Waals surface area contributed by atoms with E-state index in [1.807, 2.05) is 18.2 Å². The Morgan fingerprint density at radius 1 is 1.45 bits per heavy atom. The Labute approximate surface area is 120 Å². The van der Waals surface area contributed by atoms with Gasteiger partial charge in [0.1, 0.15) is 0 Å². The molecule has 0 bridgehead atoms. The van der Waals surface area contributed by atoms with E-state index in [0.29, 0.717) is 18.5 Å². The van der Waals surface area contributed by atoms with Crippen molar-refractivity contribution in [2.45, 2.75) is 39.7 Å². The van der Waals surface area contributed by atoms with Gasteiger partial charge in [-0.1, -0.05) is 20.8 Å². The largest absolute Gasteiger partial charge is 0.391 e. The summed E-state index contributed by atoms with van der Waals surface area (Å²) in [6.45, 7) is 7.46. The van der Waals surface area contributed by atoms with E-state index in [1.54, 1.807) is 0 Å². The van der Waals surface area contributed by atoms with Gasteiger partial charge in [0.25, 0.3) is 5.91 Å². The van der Waals surface area contributed by atoms with Gasteiger partial charge in [-0.05, 0) is 42.0 Å². The van der Waals surface area contributed by atoms with E-state index in [2.05, 4.69) is 31.4 Å². The maximum Gasteiger partial charge on any atom is 0.251 e. The third-order valence-corrected chi connectivity index (χ3v) is 3.42. The first kappa shape index (κ1) is 14.9. The smallest absolute Gasteiger partial charge is 0.251 e. The number of aliphatic hydroxyl groups is 1. The number of nitrogens with one attached hydrogen (secondary N) is 2. The molecule has 1 atom stereocenters. The van der Waals surface area contributed by atoms with Crippen molar-refractivity contribution < 1.29 is 9.90 Å². The maximum absolute atomic E-state index is 12.1. The van der Waals surface area contributed by atoms with Crippen LogP contribution >= 0.6 is 0 Å². The first-order chi connectivity index (χ1) is 9.35. The molecule has 0 spiro atoms. The van der Waals surface area contributed by atoms with Crippen LogP contribution < -0.4 is 10.6 Å². The molecular weight excluding hydrogens is 252 g/mol. The lowest BCUT2D eigenvalue weighted by Crippen LogP contribution is -2.34. The Bertz CT molecular complexity index is 492. The van der Waals surface area contributed by atoms with Crippen molar-refractivity contribution in [3.63, 3.8) is 0 Å². The zero-order chi connectivity index (χ0) is 14.8. The molecule has 0 saturated heterocycles. The summed E-state index contributed by atoms with van der Waals surface area (Å²) in [6.07, 6.45) is 1.12. The summed E-state index contributed by atoms with van der Waals surface area (Å²) < 4.78 is 0. The number of hydrogen-bond donors (Lipinski definition) is 3. The highest BCUT2D eigenvalue weighted by Gasteiger charge is 2.18. The van der Waals surface area contributed by atoms with Crippen LogP contribution in [0.3, 0.4) is 0 Å². The SMILES string of the molecule is CC(C)(C)CC(O)CNC(=O)c1ccc2c(c1)CCN2. The number of amides is 1. The topological polar surface area (TPSA) is 61.4 Å². The Balaban J connectivity index is 1.89. The summed E-state index contributed by atoms with van der Waals surface area (Å²) in [4.78, 5) is 12.1. The second-order valence-electron chi connectivity index (χ2n) is 6.68. The zero-order valence-electron chi connectivity index (χ0n) is 12.5. The highest BCUT2D eigenvalue weighted by molar-refractivity contribution is 5.95. The fourth-order valence-electron chi connectivity index (χ4n) is 2.54. The van der Waals surface area contributed by atoms with Gasteiger partial charge in [-0.25, -0.2) is 0 Å². The summed E-state index contributed by atoms with van der Waals surface area (Å²) in [5.41, 5.74) is 3.03. The molecule has 1 amide bonds. The van der Waals surface area contributed by atoms with Gasteiger partial charge in [0, 0.05) is 24.3 Å². The van der Waals surface area contributed by atoms with E-state index in [1.165, 1.54) is 5.56 Å². The first-order valence-electron chi connectivity index (χ1n) is 7.18. The van der Waals surface area contributed by atoms with E-state index in [9.17, 15) is 9.90 Å². The molecule has 3 N–H and O–H groups in total. The highest BCUT2D eigenvalue weighted by Crippen LogP contribution is 2.23. The van der Waals surface area contributed by atoms with E-state index in [0.717, 1.165) is 18.7 Å². The van der Waals surface area contributed by atoms with Crippen molar-refractivity contribution in [3.8, 4) is 0 Å². The monoisotopic (exact) mass is 276 g/mol. The first-order valence-corrected chi connectivity index (χ1v) is 7.18. The second kappa shape index (κ2) is 5.83. The maximum atomic E-state index is 12.1. The van der Waals surface area contributed by atoms with Crippen molar-refractivity contribution in [2.24, 2.45) is 5.41 Å². The van der Waals surface area contributed by atoms with Crippen molar-refractivity contribution >= 4 is 11.6 Å². The third-order valence-electron chi connectivity index (χ3n) is 3.42. The average Bonchev–Trinajstić information content (AvgIpc) is 2.80. The fourth-order valence-corrected chi connectivity index (χ4v) is 2.54. The molecule has 1 aromatic rings. The molecule has 0 saturated carbocycles. The van der Waals surface area contributed by atoms with Crippen LogP contribution in [0.4, 0.5) is 5.69 Å². The number of carbonyl (C=O) groups excluding carboxylic acids is 1. The number of benzene rings is 1. The van der Waals surface area contributed by atoms with E-state index < -0.39 is 6.10 Å². The molecule has 20 heavy (non-hydrogen) atoms. The molecule has 1 aliphatic rings. The normalized spacial score (nSPS) is 15.4. The van der Waals surface area contributed by atoms with Crippen LogP contribution in [0.15, 0.2) is 18.2 Å². The van der Waals surface area contributed by atoms with E-state index >= 15 is 0 Å². The predicted molar refractivity (Wildman–Crippen MR) is 81.0 cm³/mol. The summed E-state index contributed by atoms with van der Waals surface area (Å²) in [7, 11) is 0. The summed E-state index contributed by atoms with van der Waals surface area (Å²) in [6, 6.07) is 5.70. The van der Waals surface area contributed by atoms with Crippen LogP contribution in [0, 0.1) is 5.41 Å². The minimum absolute atomic E-state index is 0.0589. The molecule has 4 nitrogen and oxygen atoms in total. The van der Waals surface area contributed by atoms with Crippen molar-refractivity contribution in [1.29, 1.82) is 0 Å². The zero-order valence-corrected chi connectivity index (χ0v) is 12.5. The molecule has 1 aromatic carbocycles. The van der Waals surface area contributed by atoms with Crippen LogP contribution in [0.2, 0.25) is 0 Å². The van der Waals surface area contributed by atoms with Crippen LogP contribution in [0.5, 0.6) is 0 Å². The van der Waals surface area contributed by atoms with Crippen LogP contribution in [-0.4, -0.2) is 30.2 Å². The standard InChI is InChI=1S/C16H24N2O2/c1-16(2,3)9-13(19)10-18-15(20)12-4-5-14-11(8-12)6-7-17-14/h4-5,8,13,17,19H,6-7,9-10H2,1-3H3,(H,18,20). The predicted octanol–water partition coefficient (Wildman–Crippen LogP) is 2.18. The van der Waals surface area contributed by atoms with Crippen LogP contribution in [0.25, 0.3) is 0 Å². The lowest BCUT2D eigenvalue weighted by Gasteiger charge is -2.22. The quantitative estimate of drug-likeness (QED) is 0.790. The van der Waals surface area contributed by atoms with Gasteiger partial charge in [0.15, 0.2) is 0 Å². The number of rotatable bonds is 4. The second-order valence-corrected chi connectivity index (χ2v) is 6.68. The number of carbonyl (C=O) groups is 1. The molecule has 0 fully saturated rings. The van der Waals surface area contributed by atoms with Gasteiger partial charge in [0.05, 0.1) is 6.10 Å². The van der Waals surface area contributed by atoms with Crippen molar-refractivity contribution in [3.05, 3.63) is 29.3 Å². The Morgan fingerprint density at radius 2 is 2.20 bits per heavy atom. The molecule has 0 aliphatic carbocycles. The molecule has 1 heterocycles. The number of anilines is 1. The number of fused-ring (bicyclic) bond motifs is 1. The Hall–Kier alpha value is -1.55. The molecule has 1 aliphatic heterocycles. The van der Waals surface area contributed by atoms with Crippen molar-refractivity contribution in [1.82, 2.24) is 5.32 Å². The summed E-state index contributed by atoms with van der Waals surface area (Å²) in [5, 5.41) is 16.0. The minimum Gasteiger partial charge on any atom is -0.391 e. The molecule has 4 heteroatoms. The average molecular weight is 276 g/mol. The summed E-state index contributed by atoms with van der Waals surface area (Å²) in [5.74, 6) is -0.118. The molecule has 0 radical (unpaired) electrons. The molecule has 110 valence electrons. The molecule has 0 aromatic heterocycles. The fraction of sp³-hybridized carbons (Fsp3) is 0.562.